The van der Waals surface area contributed by atoms with Crippen molar-refractivity contribution in [2.24, 2.45) is 16.9 Å². The molecule has 0 atom stereocenters. The Morgan fingerprint density at radius 2 is 2.05 bits per heavy atom. The fourth-order valence-electron chi connectivity index (χ4n) is 3.18. The second kappa shape index (κ2) is 4.62. The van der Waals surface area contributed by atoms with Gasteiger partial charge in [0.2, 0.25) is 5.91 Å². The van der Waals surface area contributed by atoms with Crippen LogP contribution in [-0.4, -0.2) is 19.0 Å². The Bertz CT molecular complexity index is 503. The van der Waals surface area contributed by atoms with Crippen LogP contribution in [0.25, 0.3) is 0 Å². The van der Waals surface area contributed by atoms with Gasteiger partial charge in [-0.05, 0) is 36.6 Å². The van der Waals surface area contributed by atoms with E-state index in [1.165, 1.54) is 6.42 Å². The van der Waals surface area contributed by atoms with Gasteiger partial charge in [-0.3, -0.25) is 4.79 Å². The second-order valence-electron chi connectivity index (χ2n) is 5.88. The summed E-state index contributed by atoms with van der Waals surface area (Å²) < 4.78 is 0. The van der Waals surface area contributed by atoms with Crippen LogP contribution in [0, 0.1) is 5.41 Å². The summed E-state index contributed by atoms with van der Waals surface area (Å²) in [6.07, 6.45) is 4.02. The number of nitrogens with zero attached hydrogens (tertiary/aromatic N) is 1. The van der Waals surface area contributed by atoms with E-state index in [4.69, 9.17) is 11.5 Å². The number of carbonyl (C=O) groups is 1. The number of rotatable bonds is 4. The van der Waals surface area contributed by atoms with E-state index in [0.29, 0.717) is 19.5 Å². The summed E-state index contributed by atoms with van der Waals surface area (Å²) in [6, 6.07) is 6.11. The molecule has 1 aliphatic carbocycles. The van der Waals surface area contributed by atoms with E-state index in [0.717, 1.165) is 36.2 Å². The lowest BCUT2D eigenvalue weighted by Gasteiger charge is -2.43. The molecule has 4 N–H and O–H groups in total. The van der Waals surface area contributed by atoms with E-state index in [1.807, 2.05) is 17.0 Å². The first-order valence-electron chi connectivity index (χ1n) is 7.00. The molecule has 0 radical (unpaired) electrons. The van der Waals surface area contributed by atoms with Gasteiger partial charge in [0.25, 0.3) is 0 Å². The molecule has 0 saturated heterocycles. The largest absolute Gasteiger partial charge is 0.330 e. The lowest BCUT2D eigenvalue weighted by atomic mass is 9.68. The highest BCUT2D eigenvalue weighted by Crippen LogP contribution is 2.43. The van der Waals surface area contributed by atoms with Gasteiger partial charge in [0.15, 0.2) is 0 Å². The van der Waals surface area contributed by atoms with Gasteiger partial charge in [-0.15, -0.1) is 0 Å². The Morgan fingerprint density at radius 3 is 2.63 bits per heavy atom. The van der Waals surface area contributed by atoms with Crippen molar-refractivity contribution >= 4 is 11.6 Å². The van der Waals surface area contributed by atoms with E-state index >= 15 is 0 Å². The summed E-state index contributed by atoms with van der Waals surface area (Å²) >= 11 is 0. The zero-order valence-electron chi connectivity index (χ0n) is 11.2. The molecule has 1 amide bonds. The van der Waals surface area contributed by atoms with Crippen molar-refractivity contribution in [2.45, 2.75) is 32.2 Å². The average molecular weight is 259 g/mol. The number of hydrogen-bond donors (Lipinski definition) is 2. The van der Waals surface area contributed by atoms with E-state index in [2.05, 4.69) is 6.07 Å². The van der Waals surface area contributed by atoms with Crippen LogP contribution in [-0.2, 0) is 17.8 Å². The predicted molar refractivity (Wildman–Crippen MR) is 75.7 cm³/mol. The van der Waals surface area contributed by atoms with Gasteiger partial charge in [0.05, 0.1) is 6.42 Å². The fourth-order valence-corrected chi connectivity index (χ4v) is 3.18. The lowest BCUT2D eigenvalue weighted by molar-refractivity contribution is -0.117. The molecule has 4 heteroatoms. The highest BCUT2D eigenvalue weighted by Gasteiger charge is 2.40. The first-order chi connectivity index (χ1) is 9.17. The quantitative estimate of drug-likeness (QED) is 0.852. The number of amides is 1. The molecule has 1 fully saturated rings. The maximum Gasteiger partial charge on any atom is 0.231 e. The van der Waals surface area contributed by atoms with Crippen LogP contribution in [0.5, 0.6) is 0 Å². The topological polar surface area (TPSA) is 72.4 Å². The Balaban J connectivity index is 1.86. The zero-order valence-corrected chi connectivity index (χ0v) is 11.2. The molecule has 102 valence electrons. The van der Waals surface area contributed by atoms with Crippen molar-refractivity contribution < 1.29 is 4.79 Å². The molecule has 2 aliphatic rings. The van der Waals surface area contributed by atoms with Crippen molar-refractivity contribution in [3.05, 3.63) is 29.3 Å². The summed E-state index contributed by atoms with van der Waals surface area (Å²) in [6.45, 7) is 1.97. The minimum atomic E-state index is 0.157. The third kappa shape index (κ3) is 2.05. The van der Waals surface area contributed by atoms with E-state index in [1.54, 1.807) is 0 Å². The van der Waals surface area contributed by atoms with Crippen LogP contribution in [0.1, 0.15) is 30.4 Å². The number of benzene rings is 1. The molecule has 1 aromatic carbocycles. The highest BCUT2D eigenvalue weighted by atomic mass is 16.2. The van der Waals surface area contributed by atoms with Crippen LogP contribution >= 0.6 is 0 Å². The minimum Gasteiger partial charge on any atom is -0.330 e. The molecule has 3 rings (SSSR count). The summed E-state index contributed by atoms with van der Waals surface area (Å²) in [5.74, 6) is 0.198. The Kier molecular flexibility index (Phi) is 3.07. The number of carbonyl (C=O) groups excluding carboxylic acids is 1. The van der Waals surface area contributed by atoms with Gasteiger partial charge in [-0.1, -0.05) is 18.6 Å². The maximum absolute atomic E-state index is 12.2. The smallest absolute Gasteiger partial charge is 0.231 e. The molecular weight excluding hydrogens is 238 g/mol. The van der Waals surface area contributed by atoms with Crippen molar-refractivity contribution in [3.63, 3.8) is 0 Å². The Morgan fingerprint density at radius 1 is 1.26 bits per heavy atom. The van der Waals surface area contributed by atoms with Gasteiger partial charge in [-0.25, -0.2) is 0 Å². The van der Waals surface area contributed by atoms with E-state index < -0.39 is 0 Å². The average Bonchev–Trinajstić information content (AvgIpc) is 2.68. The molecule has 1 aliphatic heterocycles. The van der Waals surface area contributed by atoms with Crippen molar-refractivity contribution in [1.29, 1.82) is 0 Å². The van der Waals surface area contributed by atoms with E-state index in [9.17, 15) is 4.79 Å². The maximum atomic E-state index is 12.2. The summed E-state index contributed by atoms with van der Waals surface area (Å²) in [7, 11) is 0. The molecule has 4 nitrogen and oxygen atoms in total. The first kappa shape index (κ1) is 12.6. The minimum absolute atomic E-state index is 0.157. The molecule has 0 bridgehead atoms. The third-order valence-corrected chi connectivity index (χ3v) is 4.65. The Labute approximate surface area is 113 Å². The van der Waals surface area contributed by atoms with Crippen LogP contribution in [0.2, 0.25) is 0 Å². The van der Waals surface area contributed by atoms with Gasteiger partial charge in [0.1, 0.15) is 0 Å². The van der Waals surface area contributed by atoms with E-state index in [-0.39, 0.29) is 11.3 Å². The molecule has 0 aromatic heterocycles. The molecule has 19 heavy (non-hydrogen) atoms. The van der Waals surface area contributed by atoms with Crippen LogP contribution in [0.15, 0.2) is 18.2 Å². The molecule has 1 aromatic rings. The first-order valence-corrected chi connectivity index (χ1v) is 7.00. The lowest BCUT2D eigenvalue weighted by Crippen LogP contribution is -2.48. The molecule has 0 unspecified atom stereocenters. The zero-order chi connectivity index (χ0) is 13.5. The van der Waals surface area contributed by atoms with Gasteiger partial charge in [0, 0.05) is 24.2 Å². The number of hydrogen-bond acceptors (Lipinski definition) is 3. The molecule has 1 heterocycles. The van der Waals surface area contributed by atoms with Crippen LogP contribution in [0.3, 0.4) is 0 Å². The number of anilines is 1. The summed E-state index contributed by atoms with van der Waals surface area (Å²) in [5, 5.41) is 0. The van der Waals surface area contributed by atoms with Gasteiger partial charge < -0.3 is 16.4 Å². The molecular formula is C15H21N3O. The summed E-state index contributed by atoms with van der Waals surface area (Å²) in [4.78, 5) is 14.2. The molecule has 0 spiro atoms. The van der Waals surface area contributed by atoms with Crippen molar-refractivity contribution in [3.8, 4) is 0 Å². The molecule has 1 saturated carbocycles. The van der Waals surface area contributed by atoms with Crippen molar-refractivity contribution in [1.82, 2.24) is 0 Å². The Hall–Kier alpha value is -1.39. The number of nitrogens with two attached hydrogens (primary N) is 2. The monoisotopic (exact) mass is 259 g/mol. The second-order valence-corrected chi connectivity index (χ2v) is 5.88. The standard InChI is InChI=1S/C15H21N3O/c16-8-11-2-3-13-12(6-11)7-14(19)18(13)10-15(9-17)4-1-5-15/h2-3,6H,1,4-5,7-10,16-17H2. The summed E-state index contributed by atoms with van der Waals surface area (Å²) in [5.41, 5.74) is 15.0. The number of fused-ring (bicyclic) bond motifs is 1. The van der Waals surface area contributed by atoms with Crippen LogP contribution in [0.4, 0.5) is 5.69 Å². The third-order valence-electron chi connectivity index (χ3n) is 4.65. The fraction of sp³-hybridized carbons (Fsp3) is 0.533. The highest BCUT2D eigenvalue weighted by molar-refractivity contribution is 6.01. The predicted octanol–water partition coefficient (Wildman–Crippen LogP) is 1.16. The van der Waals surface area contributed by atoms with Gasteiger partial charge >= 0.3 is 0 Å². The van der Waals surface area contributed by atoms with Crippen LogP contribution < -0.4 is 16.4 Å². The van der Waals surface area contributed by atoms with Gasteiger partial charge in [-0.2, -0.15) is 0 Å². The van der Waals surface area contributed by atoms with Crippen molar-refractivity contribution in [2.75, 3.05) is 18.0 Å². The SMILES string of the molecule is NCc1ccc2c(c1)CC(=O)N2CC1(CN)CCC1. The normalized spacial score (nSPS) is 20.3.